The Balaban J connectivity index is 2.27. The summed E-state index contributed by atoms with van der Waals surface area (Å²) in [4.78, 5) is 8.78. The molecule has 0 radical (unpaired) electrons. The zero-order valence-electron chi connectivity index (χ0n) is 13.0. The molecule has 4 nitrogen and oxygen atoms in total. The molecule has 1 heterocycles. The van der Waals surface area contributed by atoms with Crippen LogP contribution in [0.25, 0.3) is 0 Å². The van der Waals surface area contributed by atoms with Gasteiger partial charge in [0, 0.05) is 12.2 Å². The maximum atomic E-state index is 9.31. The minimum atomic E-state index is 0.276. The Morgan fingerprint density at radius 2 is 1.95 bits per heavy atom. The fraction of sp³-hybridized carbons (Fsp3) is 0.353. The second-order valence-electron chi connectivity index (χ2n) is 5.19. The van der Waals surface area contributed by atoms with Gasteiger partial charge in [0.25, 0.3) is 0 Å². The Morgan fingerprint density at radius 1 is 1.23 bits per heavy atom. The van der Waals surface area contributed by atoms with Crippen molar-refractivity contribution in [2.45, 2.75) is 38.3 Å². The van der Waals surface area contributed by atoms with E-state index in [4.69, 9.17) is 5.73 Å². The van der Waals surface area contributed by atoms with E-state index in [1.807, 2.05) is 0 Å². The van der Waals surface area contributed by atoms with Crippen molar-refractivity contribution >= 4 is 17.6 Å². The number of nitrogens with zero attached hydrogens (tertiary/aromatic N) is 3. The molecule has 2 N–H and O–H groups in total. The second-order valence-corrected chi connectivity index (χ2v) is 6.25. The van der Waals surface area contributed by atoms with Crippen LogP contribution in [0.1, 0.15) is 42.1 Å². The highest BCUT2D eigenvalue weighted by Gasteiger charge is 2.13. The molecule has 0 aliphatic rings. The molecule has 0 saturated heterocycles. The molecule has 0 fully saturated rings. The summed E-state index contributed by atoms with van der Waals surface area (Å²) in [5.41, 5.74) is 9.35. The first-order chi connectivity index (χ1) is 10.6. The van der Waals surface area contributed by atoms with E-state index in [0.29, 0.717) is 22.8 Å². The Morgan fingerprint density at radius 3 is 2.59 bits per heavy atom. The molecule has 0 amide bonds. The first-order valence-corrected chi connectivity index (χ1v) is 8.37. The van der Waals surface area contributed by atoms with Gasteiger partial charge in [-0.2, -0.15) is 5.26 Å². The normalized spacial score (nSPS) is 10.4. The standard InChI is InChI=1S/C17H20N4S/c1-3-4-9-22-17-20-15(14(11-18)16(19)21-17)10-13-7-5-12(2)6-8-13/h5-8H,3-4,9-10H2,1-2H3,(H2,19,20,21). The van der Waals surface area contributed by atoms with E-state index in [0.717, 1.165) is 24.2 Å². The number of anilines is 1. The molecule has 0 aliphatic heterocycles. The van der Waals surface area contributed by atoms with E-state index in [9.17, 15) is 5.26 Å². The number of nitriles is 1. The van der Waals surface area contributed by atoms with Crippen molar-refractivity contribution in [3.05, 3.63) is 46.6 Å². The number of aromatic nitrogens is 2. The van der Waals surface area contributed by atoms with Gasteiger partial charge in [-0.3, -0.25) is 0 Å². The third-order valence-corrected chi connectivity index (χ3v) is 4.26. The number of nitrogens with two attached hydrogens (primary N) is 1. The minimum Gasteiger partial charge on any atom is -0.382 e. The summed E-state index contributed by atoms with van der Waals surface area (Å²) < 4.78 is 0. The predicted molar refractivity (Wildman–Crippen MR) is 90.8 cm³/mol. The van der Waals surface area contributed by atoms with Gasteiger partial charge in [0.1, 0.15) is 17.5 Å². The summed E-state index contributed by atoms with van der Waals surface area (Å²) in [6, 6.07) is 10.4. The molecule has 1 aromatic carbocycles. The molecular formula is C17H20N4S. The van der Waals surface area contributed by atoms with Gasteiger partial charge in [0.05, 0.1) is 5.69 Å². The Hall–Kier alpha value is -2.06. The van der Waals surface area contributed by atoms with E-state index in [-0.39, 0.29) is 5.82 Å². The van der Waals surface area contributed by atoms with Gasteiger partial charge in [-0.25, -0.2) is 9.97 Å². The van der Waals surface area contributed by atoms with Crippen LogP contribution in [0.5, 0.6) is 0 Å². The minimum absolute atomic E-state index is 0.276. The van der Waals surface area contributed by atoms with Gasteiger partial charge in [-0.15, -0.1) is 0 Å². The number of rotatable bonds is 6. The summed E-state index contributed by atoms with van der Waals surface area (Å²) in [6.07, 6.45) is 2.84. The molecule has 0 unspecified atom stereocenters. The highest BCUT2D eigenvalue weighted by molar-refractivity contribution is 7.99. The van der Waals surface area contributed by atoms with Gasteiger partial charge in [0.2, 0.25) is 0 Å². The van der Waals surface area contributed by atoms with Gasteiger partial charge in [0.15, 0.2) is 5.16 Å². The third-order valence-electron chi connectivity index (χ3n) is 3.32. The second kappa shape index (κ2) is 7.81. The fourth-order valence-electron chi connectivity index (χ4n) is 2.02. The van der Waals surface area contributed by atoms with Crippen LogP contribution >= 0.6 is 11.8 Å². The highest BCUT2D eigenvalue weighted by atomic mass is 32.2. The lowest BCUT2D eigenvalue weighted by Crippen LogP contribution is -2.06. The topological polar surface area (TPSA) is 75.6 Å². The van der Waals surface area contributed by atoms with Gasteiger partial charge >= 0.3 is 0 Å². The molecule has 114 valence electrons. The lowest BCUT2D eigenvalue weighted by Gasteiger charge is -2.08. The Bertz CT molecular complexity index is 674. The Kier molecular flexibility index (Phi) is 5.79. The summed E-state index contributed by atoms with van der Waals surface area (Å²) in [5, 5.41) is 9.97. The van der Waals surface area contributed by atoms with Crippen LogP contribution < -0.4 is 5.73 Å². The average Bonchev–Trinajstić information content (AvgIpc) is 2.50. The molecule has 0 bridgehead atoms. The van der Waals surface area contributed by atoms with Crippen molar-refractivity contribution in [3.8, 4) is 6.07 Å². The lowest BCUT2D eigenvalue weighted by atomic mass is 10.0. The number of benzene rings is 1. The molecular weight excluding hydrogens is 292 g/mol. The van der Waals surface area contributed by atoms with E-state index in [1.54, 1.807) is 11.8 Å². The van der Waals surface area contributed by atoms with Crippen LogP contribution in [0.3, 0.4) is 0 Å². The lowest BCUT2D eigenvalue weighted by molar-refractivity contribution is 0.876. The molecule has 22 heavy (non-hydrogen) atoms. The number of unbranched alkanes of at least 4 members (excludes halogenated alkanes) is 1. The van der Waals surface area contributed by atoms with Crippen molar-refractivity contribution in [1.82, 2.24) is 9.97 Å². The zero-order chi connectivity index (χ0) is 15.9. The average molecular weight is 312 g/mol. The first kappa shape index (κ1) is 16.3. The third kappa shape index (κ3) is 4.22. The number of hydrogen-bond acceptors (Lipinski definition) is 5. The molecule has 2 aromatic rings. The summed E-state index contributed by atoms with van der Waals surface area (Å²) in [7, 11) is 0. The molecule has 0 saturated carbocycles. The zero-order valence-corrected chi connectivity index (χ0v) is 13.8. The van der Waals surface area contributed by atoms with Crippen molar-refractivity contribution in [2.24, 2.45) is 0 Å². The van der Waals surface area contributed by atoms with E-state index in [1.165, 1.54) is 5.56 Å². The molecule has 0 spiro atoms. The summed E-state index contributed by atoms with van der Waals surface area (Å²) in [6.45, 7) is 4.20. The predicted octanol–water partition coefficient (Wildman–Crippen LogP) is 3.72. The molecule has 2 rings (SSSR count). The first-order valence-electron chi connectivity index (χ1n) is 7.39. The molecule has 1 aromatic heterocycles. The highest BCUT2D eigenvalue weighted by Crippen LogP contribution is 2.22. The molecule has 5 heteroatoms. The van der Waals surface area contributed by atoms with Gasteiger partial charge in [-0.05, 0) is 18.9 Å². The van der Waals surface area contributed by atoms with Crippen LogP contribution in [0.4, 0.5) is 5.82 Å². The number of aryl methyl sites for hydroxylation is 1. The quantitative estimate of drug-likeness (QED) is 0.500. The van der Waals surface area contributed by atoms with E-state index >= 15 is 0 Å². The fourth-order valence-corrected chi connectivity index (χ4v) is 2.98. The van der Waals surface area contributed by atoms with Crippen LogP contribution in [-0.2, 0) is 6.42 Å². The number of hydrogen-bond donors (Lipinski definition) is 1. The largest absolute Gasteiger partial charge is 0.382 e. The maximum absolute atomic E-state index is 9.31. The number of thioether (sulfide) groups is 1. The van der Waals surface area contributed by atoms with Crippen LogP contribution in [0.15, 0.2) is 29.4 Å². The van der Waals surface area contributed by atoms with E-state index < -0.39 is 0 Å². The molecule has 0 atom stereocenters. The van der Waals surface area contributed by atoms with Crippen molar-refractivity contribution in [3.63, 3.8) is 0 Å². The monoisotopic (exact) mass is 312 g/mol. The van der Waals surface area contributed by atoms with Crippen molar-refractivity contribution < 1.29 is 0 Å². The smallest absolute Gasteiger partial charge is 0.189 e. The maximum Gasteiger partial charge on any atom is 0.189 e. The van der Waals surface area contributed by atoms with E-state index in [2.05, 4.69) is 54.2 Å². The van der Waals surface area contributed by atoms with Gasteiger partial charge < -0.3 is 5.73 Å². The Labute approximate surface area is 135 Å². The van der Waals surface area contributed by atoms with Crippen LogP contribution in [-0.4, -0.2) is 15.7 Å². The SMILES string of the molecule is CCCCSc1nc(N)c(C#N)c(Cc2ccc(C)cc2)n1. The van der Waals surface area contributed by atoms with Crippen molar-refractivity contribution in [2.75, 3.05) is 11.5 Å². The van der Waals surface area contributed by atoms with Crippen LogP contribution in [0.2, 0.25) is 0 Å². The number of nitrogen functional groups attached to an aromatic ring is 1. The van der Waals surface area contributed by atoms with Crippen LogP contribution in [0, 0.1) is 18.3 Å². The molecule has 0 aliphatic carbocycles. The van der Waals surface area contributed by atoms with Gasteiger partial charge in [-0.1, -0.05) is 54.9 Å². The summed E-state index contributed by atoms with van der Waals surface area (Å²) >= 11 is 1.59. The summed E-state index contributed by atoms with van der Waals surface area (Å²) in [5.74, 6) is 1.24. The van der Waals surface area contributed by atoms with Crippen molar-refractivity contribution in [1.29, 1.82) is 5.26 Å².